The Balaban J connectivity index is 0. The largest absolute Gasteiger partial charge is 0.399 e. The zero-order valence-electron chi connectivity index (χ0n) is 7.14. The molecule has 0 aliphatic heterocycles. The van der Waals surface area contributed by atoms with Crippen molar-refractivity contribution in [1.29, 1.82) is 0 Å². The predicted octanol–water partition coefficient (Wildman–Crippen LogP) is 0.108. The van der Waals surface area contributed by atoms with Gasteiger partial charge in [-0.1, -0.05) is 18.2 Å². The van der Waals surface area contributed by atoms with Crippen LogP contribution in [0.1, 0.15) is 0 Å². The first kappa shape index (κ1) is 13.5. The Morgan fingerprint density at radius 3 is 1.54 bits per heavy atom. The number of hydrogen-bond donors (Lipinski definition) is 3. The molecule has 0 aliphatic carbocycles. The van der Waals surface area contributed by atoms with Crippen LogP contribution in [0.4, 0.5) is 10.5 Å². The first-order valence-electron chi connectivity index (χ1n) is 3.27. The standard InChI is InChI=1S/C6H7N.CH4N2O.CH2O/c7-6-4-2-1-3-5-6;2-1(3)4;1-2/h1-5H,7H2;(H4,2,3,4);1H2. The van der Waals surface area contributed by atoms with Gasteiger partial charge in [0.25, 0.3) is 0 Å². The van der Waals surface area contributed by atoms with E-state index in [2.05, 4.69) is 11.5 Å². The number of urea groups is 1. The third-order valence-corrected chi connectivity index (χ3v) is 0.800. The Morgan fingerprint density at radius 2 is 1.38 bits per heavy atom. The predicted molar refractivity (Wildman–Crippen MR) is 51.7 cm³/mol. The van der Waals surface area contributed by atoms with Crippen molar-refractivity contribution in [1.82, 2.24) is 0 Å². The lowest BCUT2D eigenvalue weighted by molar-refractivity contribution is -0.0979. The molecule has 0 bridgehead atoms. The van der Waals surface area contributed by atoms with E-state index in [0.29, 0.717) is 0 Å². The van der Waals surface area contributed by atoms with E-state index in [0.717, 1.165) is 5.69 Å². The van der Waals surface area contributed by atoms with E-state index in [-0.39, 0.29) is 0 Å². The minimum atomic E-state index is -0.833. The number of nitrogen functional groups attached to an aromatic ring is 1. The van der Waals surface area contributed by atoms with Gasteiger partial charge in [-0.2, -0.15) is 0 Å². The molecule has 0 aromatic heterocycles. The third kappa shape index (κ3) is 17.8. The average Bonchev–Trinajstić information content (AvgIpc) is 2.08. The van der Waals surface area contributed by atoms with Gasteiger partial charge in [-0.15, -0.1) is 0 Å². The molecule has 13 heavy (non-hydrogen) atoms. The molecular weight excluding hydrogens is 170 g/mol. The van der Waals surface area contributed by atoms with Crippen molar-refractivity contribution in [2.75, 3.05) is 5.73 Å². The molecule has 1 aromatic carbocycles. The van der Waals surface area contributed by atoms with Gasteiger partial charge in [0.2, 0.25) is 0 Å². The van der Waals surface area contributed by atoms with Crippen LogP contribution >= 0.6 is 0 Å². The molecule has 0 unspecified atom stereocenters. The summed E-state index contributed by atoms with van der Waals surface area (Å²) in [4.78, 5) is 17.0. The molecule has 0 saturated carbocycles. The lowest BCUT2D eigenvalue weighted by Gasteiger charge is -1.83. The third-order valence-electron chi connectivity index (χ3n) is 0.800. The Bertz CT molecular complexity index is 222. The van der Waals surface area contributed by atoms with Gasteiger partial charge in [0.1, 0.15) is 6.79 Å². The molecule has 0 atom stereocenters. The number of amides is 2. The van der Waals surface area contributed by atoms with Crippen molar-refractivity contribution in [2.45, 2.75) is 0 Å². The van der Waals surface area contributed by atoms with Gasteiger partial charge in [0, 0.05) is 5.69 Å². The number of nitrogens with two attached hydrogens (primary N) is 3. The quantitative estimate of drug-likeness (QED) is 0.496. The molecule has 72 valence electrons. The fourth-order valence-electron chi connectivity index (χ4n) is 0.453. The number of anilines is 1. The Hall–Kier alpha value is -2.04. The van der Waals surface area contributed by atoms with Crippen LogP contribution in [-0.2, 0) is 4.79 Å². The van der Waals surface area contributed by atoms with Gasteiger partial charge in [-0.25, -0.2) is 4.79 Å². The number of carbonyl (C=O) groups excluding carboxylic acids is 2. The molecule has 2 amide bonds. The topological polar surface area (TPSA) is 112 Å². The van der Waals surface area contributed by atoms with E-state index in [1.54, 1.807) is 0 Å². The SMILES string of the molecule is C=O.NC(N)=O.Nc1ccccc1. The molecule has 0 aliphatic rings. The zero-order chi connectivity index (χ0) is 10.7. The molecule has 5 nitrogen and oxygen atoms in total. The van der Waals surface area contributed by atoms with E-state index in [1.165, 1.54) is 0 Å². The lowest BCUT2D eigenvalue weighted by atomic mass is 10.3. The summed E-state index contributed by atoms with van der Waals surface area (Å²) in [6, 6.07) is 8.65. The summed E-state index contributed by atoms with van der Waals surface area (Å²) in [5.74, 6) is 0. The maximum absolute atomic E-state index is 9.00. The highest BCUT2D eigenvalue weighted by Crippen LogP contribution is 1.95. The van der Waals surface area contributed by atoms with Crippen LogP contribution in [0.5, 0.6) is 0 Å². The van der Waals surface area contributed by atoms with Crippen LogP contribution in [0.3, 0.4) is 0 Å². The van der Waals surface area contributed by atoms with Crippen molar-refractivity contribution in [3.63, 3.8) is 0 Å². The minimum absolute atomic E-state index is 0.822. The molecule has 0 fully saturated rings. The summed E-state index contributed by atoms with van der Waals surface area (Å²) in [5.41, 5.74) is 14.7. The highest BCUT2D eigenvalue weighted by Gasteiger charge is 1.72. The summed E-state index contributed by atoms with van der Waals surface area (Å²) in [6.45, 7) is 2.00. The second-order valence-electron chi connectivity index (χ2n) is 1.81. The van der Waals surface area contributed by atoms with Crippen LogP contribution in [0.2, 0.25) is 0 Å². The van der Waals surface area contributed by atoms with Gasteiger partial charge in [-0.3, -0.25) is 0 Å². The van der Waals surface area contributed by atoms with Gasteiger partial charge >= 0.3 is 6.03 Å². The maximum Gasteiger partial charge on any atom is 0.309 e. The van der Waals surface area contributed by atoms with Crippen molar-refractivity contribution in [3.05, 3.63) is 30.3 Å². The molecular formula is C8H13N3O2. The fourth-order valence-corrected chi connectivity index (χ4v) is 0.453. The number of benzene rings is 1. The highest BCUT2D eigenvalue weighted by molar-refractivity contribution is 5.69. The second kappa shape index (κ2) is 9.96. The fraction of sp³-hybridized carbons (Fsp3) is 0. The van der Waals surface area contributed by atoms with Crippen LogP contribution < -0.4 is 17.2 Å². The summed E-state index contributed by atoms with van der Waals surface area (Å²) in [7, 11) is 0. The van der Waals surface area contributed by atoms with Gasteiger partial charge in [0.15, 0.2) is 0 Å². The summed E-state index contributed by atoms with van der Waals surface area (Å²) in [6.07, 6.45) is 0. The van der Waals surface area contributed by atoms with E-state index in [1.807, 2.05) is 37.1 Å². The molecule has 0 saturated heterocycles. The van der Waals surface area contributed by atoms with Crippen LogP contribution in [-0.4, -0.2) is 12.8 Å². The molecule has 5 heteroatoms. The van der Waals surface area contributed by atoms with Gasteiger partial charge in [-0.05, 0) is 12.1 Å². The van der Waals surface area contributed by atoms with Crippen LogP contribution in [0, 0.1) is 0 Å². The zero-order valence-corrected chi connectivity index (χ0v) is 7.14. The number of carbonyl (C=O) groups is 2. The van der Waals surface area contributed by atoms with E-state index >= 15 is 0 Å². The average molecular weight is 183 g/mol. The van der Waals surface area contributed by atoms with E-state index in [4.69, 9.17) is 15.3 Å². The van der Waals surface area contributed by atoms with Crippen molar-refractivity contribution < 1.29 is 9.59 Å². The van der Waals surface area contributed by atoms with Crippen molar-refractivity contribution in [2.24, 2.45) is 11.5 Å². The van der Waals surface area contributed by atoms with E-state index < -0.39 is 6.03 Å². The Kier molecular flexibility index (Phi) is 10.4. The van der Waals surface area contributed by atoms with Gasteiger partial charge < -0.3 is 22.0 Å². The monoisotopic (exact) mass is 183 g/mol. The molecule has 0 radical (unpaired) electrons. The summed E-state index contributed by atoms with van der Waals surface area (Å²) < 4.78 is 0. The van der Waals surface area contributed by atoms with Gasteiger partial charge in [0.05, 0.1) is 0 Å². The van der Waals surface area contributed by atoms with Crippen molar-refractivity contribution >= 4 is 18.5 Å². The summed E-state index contributed by atoms with van der Waals surface area (Å²) >= 11 is 0. The van der Waals surface area contributed by atoms with Crippen molar-refractivity contribution in [3.8, 4) is 0 Å². The van der Waals surface area contributed by atoms with Crippen LogP contribution in [0.25, 0.3) is 0 Å². The first-order valence-corrected chi connectivity index (χ1v) is 3.27. The maximum atomic E-state index is 9.00. The highest BCUT2D eigenvalue weighted by atomic mass is 16.2. The molecule has 0 spiro atoms. The molecule has 1 rings (SSSR count). The molecule has 1 aromatic rings. The first-order chi connectivity index (χ1) is 6.13. The smallest absolute Gasteiger partial charge is 0.309 e. The normalized spacial score (nSPS) is 6.77. The molecule has 6 N–H and O–H groups in total. The summed E-state index contributed by atoms with van der Waals surface area (Å²) in [5, 5.41) is 0. The number of rotatable bonds is 0. The Morgan fingerprint density at radius 1 is 1.08 bits per heavy atom. The lowest BCUT2D eigenvalue weighted by Crippen LogP contribution is -2.18. The Labute approximate surface area is 76.5 Å². The second-order valence-corrected chi connectivity index (χ2v) is 1.81. The minimum Gasteiger partial charge on any atom is -0.399 e. The molecule has 0 heterocycles. The number of hydrogen-bond acceptors (Lipinski definition) is 3. The number of para-hydroxylation sites is 1. The van der Waals surface area contributed by atoms with Crippen LogP contribution in [0.15, 0.2) is 30.3 Å². The van der Waals surface area contributed by atoms with E-state index in [9.17, 15) is 0 Å². The number of primary amides is 2.